The first-order valence-electron chi connectivity index (χ1n) is 12.0. The van der Waals surface area contributed by atoms with Crippen LogP contribution in [0.1, 0.15) is 81.9 Å². The number of rotatable bonds is 7. The van der Waals surface area contributed by atoms with Crippen LogP contribution in [0, 0.1) is 0 Å². The average Bonchev–Trinajstić information content (AvgIpc) is 2.83. The lowest BCUT2D eigenvalue weighted by molar-refractivity contribution is 0.271. The summed E-state index contributed by atoms with van der Waals surface area (Å²) in [5.74, 6) is 0.425. The zero-order valence-corrected chi connectivity index (χ0v) is 19.7. The number of hydrogen-bond donors (Lipinski definition) is 1. The fourth-order valence-electron chi connectivity index (χ4n) is 4.99. The van der Waals surface area contributed by atoms with Crippen LogP contribution >= 0.6 is 11.6 Å². The van der Waals surface area contributed by atoms with Gasteiger partial charge < -0.3 is 9.84 Å². The fraction of sp³-hybridized carbons (Fsp3) is 0.560. The highest BCUT2D eigenvalue weighted by Gasteiger charge is 2.28. The van der Waals surface area contributed by atoms with Gasteiger partial charge in [0, 0.05) is 23.3 Å². The molecular weight excluding hydrogens is 442 g/mol. The highest BCUT2D eigenvalue weighted by Crippen LogP contribution is 2.31. The molecule has 0 spiro atoms. The van der Waals surface area contributed by atoms with Crippen molar-refractivity contribution >= 4 is 17.8 Å². The highest BCUT2D eigenvalue weighted by molar-refractivity contribution is 6.30. The Balaban J connectivity index is 1.59. The van der Waals surface area contributed by atoms with Gasteiger partial charge in [0.05, 0.1) is 6.54 Å². The third-order valence-electron chi connectivity index (χ3n) is 6.73. The van der Waals surface area contributed by atoms with Crippen molar-refractivity contribution in [2.75, 3.05) is 13.2 Å². The molecule has 1 heterocycles. The predicted octanol–water partition coefficient (Wildman–Crippen LogP) is 4.88. The second kappa shape index (κ2) is 11.1. The molecule has 178 valence electrons. The third kappa shape index (κ3) is 5.52. The van der Waals surface area contributed by atoms with Crippen LogP contribution < -0.4 is 16.0 Å². The minimum atomic E-state index is -0.446. The van der Waals surface area contributed by atoms with Gasteiger partial charge in [-0.2, -0.15) is 0 Å². The second-order valence-electron chi connectivity index (χ2n) is 8.99. The minimum Gasteiger partial charge on any atom is -0.494 e. The lowest BCUT2D eigenvalue weighted by atomic mass is 9.94. The van der Waals surface area contributed by atoms with E-state index in [1.807, 2.05) is 0 Å². The zero-order valence-electron chi connectivity index (χ0n) is 18.9. The van der Waals surface area contributed by atoms with Crippen LogP contribution in [-0.4, -0.2) is 33.6 Å². The number of benzene rings is 1. The van der Waals surface area contributed by atoms with Crippen molar-refractivity contribution in [3.63, 3.8) is 0 Å². The van der Waals surface area contributed by atoms with Gasteiger partial charge in [0.15, 0.2) is 0 Å². The molecule has 1 aromatic carbocycles. The average molecular weight is 474 g/mol. The van der Waals surface area contributed by atoms with E-state index in [4.69, 9.17) is 16.3 Å². The Labute approximate surface area is 198 Å². The Bertz CT molecular complexity index is 1080. The number of aromatic hydroxyl groups is 1. The topological polar surface area (TPSA) is 85.8 Å². The number of halogens is 1. The van der Waals surface area contributed by atoms with Crippen LogP contribution in [0.4, 0.5) is 0 Å². The maximum absolute atomic E-state index is 13.4. The Morgan fingerprint density at radius 1 is 0.939 bits per heavy atom. The number of nitrogens with zero attached hydrogens (tertiary/aromatic N) is 3. The van der Waals surface area contributed by atoms with Gasteiger partial charge in [-0.25, -0.2) is 4.79 Å². The van der Waals surface area contributed by atoms with Crippen LogP contribution in [0.15, 0.2) is 38.8 Å². The lowest BCUT2D eigenvalue weighted by Gasteiger charge is -2.29. The van der Waals surface area contributed by atoms with Gasteiger partial charge in [-0.05, 0) is 49.9 Å². The molecule has 33 heavy (non-hydrogen) atoms. The molecule has 0 atom stereocenters. The van der Waals surface area contributed by atoms with Gasteiger partial charge in [0.1, 0.15) is 17.9 Å². The molecule has 4 rings (SSSR count). The Morgan fingerprint density at radius 2 is 1.52 bits per heavy atom. The summed E-state index contributed by atoms with van der Waals surface area (Å²) in [7, 11) is 0. The first kappa shape index (κ1) is 23.6. The van der Waals surface area contributed by atoms with Gasteiger partial charge in [-0.1, -0.05) is 50.1 Å². The second-order valence-corrected chi connectivity index (χ2v) is 9.42. The summed E-state index contributed by atoms with van der Waals surface area (Å²) in [6.45, 7) is 0.630. The smallest absolute Gasteiger partial charge is 0.334 e. The monoisotopic (exact) mass is 473 g/mol. The molecule has 7 nitrogen and oxygen atoms in total. The summed E-state index contributed by atoms with van der Waals surface area (Å²) >= 11 is 5.88. The predicted molar refractivity (Wildman–Crippen MR) is 130 cm³/mol. The van der Waals surface area contributed by atoms with Gasteiger partial charge >= 0.3 is 5.69 Å². The maximum atomic E-state index is 13.4. The normalized spacial score (nSPS) is 18.1. The summed E-state index contributed by atoms with van der Waals surface area (Å²) in [6, 6.07) is 6.86. The SMILES string of the molecule is O=c1c(C=NCCOc2ccc(Cl)cc2)c(O)n(C2CCCCC2)c(=O)n1C1CCCCC1. The van der Waals surface area contributed by atoms with Crippen LogP contribution in [0.25, 0.3) is 0 Å². The van der Waals surface area contributed by atoms with Crippen molar-refractivity contribution in [3.8, 4) is 11.6 Å². The molecule has 0 saturated heterocycles. The molecular formula is C25H32ClN3O4. The largest absolute Gasteiger partial charge is 0.494 e. The van der Waals surface area contributed by atoms with Gasteiger partial charge in [0.2, 0.25) is 5.88 Å². The number of hydrogen-bond acceptors (Lipinski definition) is 5. The standard InChI is InChI=1S/C25H32ClN3O4/c26-18-11-13-21(14-12-18)33-16-15-27-17-22-23(30)28(19-7-3-1-4-8-19)25(32)29(24(22)31)20-9-5-2-6-10-20/h11-14,17,19-20,30H,1-10,15-16H2. The van der Waals surface area contributed by atoms with Crippen molar-refractivity contribution < 1.29 is 9.84 Å². The van der Waals surface area contributed by atoms with Gasteiger partial charge in [-0.3, -0.25) is 18.9 Å². The molecule has 2 fully saturated rings. The fourth-order valence-corrected chi connectivity index (χ4v) is 5.12. The summed E-state index contributed by atoms with van der Waals surface area (Å²) in [4.78, 5) is 31.1. The van der Waals surface area contributed by atoms with Crippen molar-refractivity contribution in [1.82, 2.24) is 9.13 Å². The van der Waals surface area contributed by atoms with E-state index in [0.29, 0.717) is 23.9 Å². The third-order valence-corrected chi connectivity index (χ3v) is 6.99. The van der Waals surface area contributed by atoms with Crippen LogP contribution in [-0.2, 0) is 0 Å². The molecule has 2 aliphatic carbocycles. The van der Waals surface area contributed by atoms with E-state index < -0.39 is 5.56 Å². The number of ether oxygens (including phenoxy) is 1. The van der Waals surface area contributed by atoms with Crippen molar-refractivity contribution in [3.05, 3.63) is 55.7 Å². The van der Waals surface area contributed by atoms with Gasteiger partial charge in [0.25, 0.3) is 5.56 Å². The quantitative estimate of drug-likeness (QED) is 0.458. The molecule has 1 aromatic heterocycles. The van der Waals surface area contributed by atoms with Crippen molar-refractivity contribution in [2.45, 2.75) is 76.3 Å². The summed E-state index contributed by atoms with van der Waals surface area (Å²) in [6.07, 6.45) is 11.0. The van der Waals surface area contributed by atoms with E-state index in [1.165, 1.54) is 15.3 Å². The van der Waals surface area contributed by atoms with Crippen LogP contribution in [0.5, 0.6) is 11.6 Å². The summed E-state index contributed by atoms with van der Waals surface area (Å²) < 4.78 is 8.49. The Morgan fingerprint density at radius 3 is 2.12 bits per heavy atom. The van der Waals surface area contributed by atoms with E-state index in [2.05, 4.69) is 4.99 Å². The molecule has 0 bridgehead atoms. The van der Waals surface area contributed by atoms with E-state index in [9.17, 15) is 14.7 Å². The van der Waals surface area contributed by atoms with Crippen LogP contribution in [0.2, 0.25) is 5.02 Å². The lowest BCUT2D eigenvalue weighted by Crippen LogP contribution is -2.45. The zero-order chi connectivity index (χ0) is 23.2. The molecule has 0 aliphatic heterocycles. The maximum Gasteiger partial charge on any atom is 0.334 e. The molecule has 2 saturated carbocycles. The van der Waals surface area contributed by atoms with Crippen molar-refractivity contribution in [1.29, 1.82) is 0 Å². The minimum absolute atomic E-state index is 0.0814. The van der Waals surface area contributed by atoms with E-state index >= 15 is 0 Å². The Hall–Kier alpha value is -2.54. The molecule has 0 radical (unpaired) electrons. The molecule has 1 N–H and O–H groups in total. The first-order chi connectivity index (χ1) is 16.1. The van der Waals surface area contributed by atoms with E-state index in [0.717, 1.165) is 64.2 Å². The molecule has 8 heteroatoms. The Kier molecular flexibility index (Phi) is 7.91. The van der Waals surface area contributed by atoms with Gasteiger partial charge in [-0.15, -0.1) is 0 Å². The molecule has 2 aliphatic rings. The molecule has 0 unspecified atom stereocenters. The number of aliphatic imine (C=N–C) groups is 1. The van der Waals surface area contributed by atoms with E-state index in [1.54, 1.807) is 24.3 Å². The molecule has 0 amide bonds. The highest BCUT2D eigenvalue weighted by atomic mass is 35.5. The molecule has 2 aromatic rings. The first-order valence-corrected chi connectivity index (χ1v) is 12.4. The summed E-state index contributed by atoms with van der Waals surface area (Å²) in [5.41, 5.74) is -0.726. The number of aromatic nitrogens is 2. The van der Waals surface area contributed by atoms with Crippen molar-refractivity contribution in [2.24, 2.45) is 4.99 Å². The van der Waals surface area contributed by atoms with E-state index in [-0.39, 0.29) is 29.2 Å². The van der Waals surface area contributed by atoms with Crippen LogP contribution in [0.3, 0.4) is 0 Å². The summed E-state index contributed by atoms with van der Waals surface area (Å²) in [5, 5.41) is 11.6.